The summed E-state index contributed by atoms with van der Waals surface area (Å²) in [5, 5.41) is 6.87. The van der Waals surface area contributed by atoms with E-state index in [-0.39, 0.29) is 24.0 Å². The molecule has 27 heavy (non-hydrogen) atoms. The van der Waals surface area contributed by atoms with Gasteiger partial charge in [-0.15, -0.1) is 24.0 Å². The molecule has 1 aliphatic rings. The van der Waals surface area contributed by atoms with Gasteiger partial charge in [0.25, 0.3) is 0 Å². The van der Waals surface area contributed by atoms with Crippen molar-refractivity contribution in [2.75, 3.05) is 40.5 Å². The maximum atomic E-state index is 5.49. The maximum absolute atomic E-state index is 5.49. The number of nitrogens with zero attached hydrogens (tertiary/aromatic N) is 1. The number of guanidine groups is 1. The van der Waals surface area contributed by atoms with Gasteiger partial charge in [0.1, 0.15) is 5.75 Å². The van der Waals surface area contributed by atoms with Crippen LogP contribution in [-0.2, 0) is 4.74 Å². The number of benzene rings is 1. The van der Waals surface area contributed by atoms with Gasteiger partial charge in [0.05, 0.1) is 7.11 Å². The smallest absolute Gasteiger partial charge is 0.191 e. The largest absolute Gasteiger partial charge is 0.496 e. The first-order valence-electron chi connectivity index (χ1n) is 9.78. The third kappa shape index (κ3) is 7.14. The summed E-state index contributed by atoms with van der Waals surface area (Å²) in [7, 11) is 3.50. The summed E-state index contributed by atoms with van der Waals surface area (Å²) in [6, 6.07) is 8.21. The van der Waals surface area contributed by atoms with Crippen molar-refractivity contribution in [3.05, 3.63) is 29.8 Å². The molecule has 1 aliphatic carbocycles. The van der Waals surface area contributed by atoms with Gasteiger partial charge in [-0.1, -0.05) is 31.5 Å². The fraction of sp³-hybridized carbons (Fsp3) is 0.667. The molecular weight excluding hydrogens is 453 g/mol. The Morgan fingerprint density at radius 1 is 1.22 bits per heavy atom. The van der Waals surface area contributed by atoms with Crippen LogP contribution in [0.5, 0.6) is 5.75 Å². The first kappa shape index (κ1) is 24.0. The van der Waals surface area contributed by atoms with Crippen LogP contribution in [0.2, 0.25) is 0 Å². The van der Waals surface area contributed by atoms with E-state index in [4.69, 9.17) is 14.5 Å². The van der Waals surface area contributed by atoms with E-state index in [1.54, 1.807) is 14.2 Å². The predicted molar refractivity (Wildman–Crippen MR) is 124 cm³/mol. The quantitative estimate of drug-likeness (QED) is 0.294. The van der Waals surface area contributed by atoms with Crippen molar-refractivity contribution >= 4 is 29.9 Å². The minimum absolute atomic E-state index is 0. The maximum Gasteiger partial charge on any atom is 0.191 e. The number of hydrogen-bond acceptors (Lipinski definition) is 3. The van der Waals surface area contributed by atoms with Crippen LogP contribution in [-0.4, -0.2) is 46.4 Å². The molecule has 0 radical (unpaired) electrons. The molecule has 1 saturated carbocycles. The van der Waals surface area contributed by atoms with Crippen molar-refractivity contribution in [1.29, 1.82) is 0 Å². The van der Waals surface area contributed by atoms with Crippen LogP contribution in [0.4, 0.5) is 0 Å². The summed E-state index contributed by atoms with van der Waals surface area (Å²) in [4.78, 5) is 4.88. The Morgan fingerprint density at radius 2 is 1.96 bits per heavy atom. The molecule has 0 amide bonds. The number of methoxy groups -OCH3 is 2. The lowest BCUT2D eigenvalue weighted by atomic mass is 9.67. The third-order valence-corrected chi connectivity index (χ3v) is 5.41. The van der Waals surface area contributed by atoms with E-state index < -0.39 is 0 Å². The fourth-order valence-electron chi connectivity index (χ4n) is 3.50. The minimum atomic E-state index is 0. The first-order chi connectivity index (χ1) is 12.6. The second kappa shape index (κ2) is 12.4. The molecule has 0 bridgehead atoms. The third-order valence-electron chi connectivity index (χ3n) is 5.41. The van der Waals surface area contributed by atoms with E-state index in [1.165, 1.54) is 24.8 Å². The van der Waals surface area contributed by atoms with E-state index in [0.717, 1.165) is 44.4 Å². The minimum Gasteiger partial charge on any atom is -0.496 e. The lowest BCUT2D eigenvalue weighted by molar-refractivity contribution is 0.0778. The number of rotatable bonds is 10. The molecule has 0 spiro atoms. The van der Waals surface area contributed by atoms with Gasteiger partial charge in [-0.2, -0.15) is 0 Å². The molecule has 1 fully saturated rings. The highest BCUT2D eigenvalue weighted by Gasteiger charge is 2.36. The number of para-hydroxylation sites is 1. The molecule has 2 N–H and O–H groups in total. The van der Waals surface area contributed by atoms with Crippen LogP contribution < -0.4 is 15.4 Å². The van der Waals surface area contributed by atoms with Gasteiger partial charge in [-0.05, 0) is 43.2 Å². The summed E-state index contributed by atoms with van der Waals surface area (Å²) < 4.78 is 10.8. The van der Waals surface area contributed by atoms with Crippen LogP contribution in [0.1, 0.15) is 51.0 Å². The summed E-state index contributed by atoms with van der Waals surface area (Å²) in [6.07, 6.45) is 4.94. The summed E-state index contributed by atoms with van der Waals surface area (Å²) in [5.41, 5.74) is 1.56. The highest BCUT2D eigenvalue weighted by atomic mass is 127. The van der Waals surface area contributed by atoms with Gasteiger partial charge in [-0.3, -0.25) is 4.99 Å². The Morgan fingerprint density at radius 3 is 2.56 bits per heavy atom. The highest BCUT2D eigenvalue weighted by Crippen LogP contribution is 2.44. The lowest BCUT2D eigenvalue weighted by Gasteiger charge is -2.40. The molecule has 1 unspecified atom stereocenters. The molecule has 0 saturated heterocycles. The van der Waals surface area contributed by atoms with Crippen molar-refractivity contribution in [2.45, 2.75) is 45.4 Å². The van der Waals surface area contributed by atoms with E-state index in [0.29, 0.717) is 11.3 Å². The number of aliphatic imine (C=N–C) groups is 1. The molecule has 1 aromatic carbocycles. The zero-order chi connectivity index (χ0) is 18.8. The zero-order valence-electron chi connectivity index (χ0n) is 17.2. The van der Waals surface area contributed by atoms with Crippen LogP contribution in [0, 0.1) is 5.41 Å². The Labute approximate surface area is 181 Å². The Kier molecular flexibility index (Phi) is 11.1. The summed E-state index contributed by atoms with van der Waals surface area (Å²) in [5.74, 6) is 2.18. The van der Waals surface area contributed by atoms with Gasteiger partial charge in [-0.25, -0.2) is 0 Å². The van der Waals surface area contributed by atoms with Crippen LogP contribution in [0.25, 0.3) is 0 Å². The molecule has 1 atom stereocenters. The predicted octanol–water partition coefficient (Wildman–Crippen LogP) is 4.18. The SMILES string of the molecule is CCNC(=NCC1(CCOC)CCC1)NCC(C)c1ccccc1OC.I. The van der Waals surface area contributed by atoms with Gasteiger partial charge in [0.15, 0.2) is 5.96 Å². The van der Waals surface area contributed by atoms with E-state index in [1.807, 2.05) is 12.1 Å². The number of ether oxygens (including phenoxy) is 2. The Hall–Kier alpha value is -1.02. The molecule has 0 aromatic heterocycles. The number of nitrogens with one attached hydrogen (secondary N) is 2. The van der Waals surface area contributed by atoms with Gasteiger partial charge in [0, 0.05) is 39.3 Å². The van der Waals surface area contributed by atoms with E-state index in [9.17, 15) is 0 Å². The zero-order valence-corrected chi connectivity index (χ0v) is 19.5. The molecule has 0 aliphatic heterocycles. The Balaban J connectivity index is 0.00000364. The van der Waals surface area contributed by atoms with Crippen molar-refractivity contribution < 1.29 is 9.47 Å². The summed E-state index contributed by atoms with van der Waals surface area (Å²) >= 11 is 0. The molecule has 2 rings (SSSR count). The molecule has 6 heteroatoms. The molecule has 154 valence electrons. The average Bonchev–Trinajstić information content (AvgIpc) is 2.64. The van der Waals surface area contributed by atoms with Crippen LogP contribution in [0.15, 0.2) is 29.3 Å². The van der Waals surface area contributed by atoms with Gasteiger partial charge < -0.3 is 20.1 Å². The van der Waals surface area contributed by atoms with Crippen molar-refractivity contribution in [3.63, 3.8) is 0 Å². The van der Waals surface area contributed by atoms with Crippen LogP contribution >= 0.6 is 24.0 Å². The fourth-order valence-corrected chi connectivity index (χ4v) is 3.50. The highest BCUT2D eigenvalue weighted by molar-refractivity contribution is 14.0. The molecular formula is C21H36IN3O2. The van der Waals surface area contributed by atoms with E-state index >= 15 is 0 Å². The molecule has 5 nitrogen and oxygen atoms in total. The topological polar surface area (TPSA) is 54.9 Å². The first-order valence-corrected chi connectivity index (χ1v) is 9.78. The van der Waals surface area contributed by atoms with Crippen molar-refractivity contribution in [3.8, 4) is 5.75 Å². The van der Waals surface area contributed by atoms with Gasteiger partial charge in [0.2, 0.25) is 0 Å². The van der Waals surface area contributed by atoms with Gasteiger partial charge >= 0.3 is 0 Å². The average molecular weight is 489 g/mol. The Bertz CT molecular complexity index is 576. The molecule has 0 heterocycles. The van der Waals surface area contributed by atoms with Crippen LogP contribution in [0.3, 0.4) is 0 Å². The second-order valence-corrected chi connectivity index (χ2v) is 7.32. The van der Waals surface area contributed by atoms with Crippen molar-refractivity contribution in [2.24, 2.45) is 10.4 Å². The standard InChI is InChI=1S/C21H35N3O2.HI/c1-5-22-20(24-16-21(11-8-12-21)13-14-25-3)23-15-17(2)18-9-6-7-10-19(18)26-4;/h6-7,9-10,17H,5,8,11-16H2,1-4H3,(H2,22,23,24);1H. The van der Waals surface area contributed by atoms with Crippen molar-refractivity contribution in [1.82, 2.24) is 10.6 Å². The normalized spacial score (nSPS) is 16.7. The van der Waals surface area contributed by atoms with E-state index in [2.05, 4.69) is 36.6 Å². The molecule has 1 aromatic rings. The number of halogens is 1. The monoisotopic (exact) mass is 489 g/mol. The second-order valence-electron chi connectivity index (χ2n) is 7.32. The number of hydrogen-bond donors (Lipinski definition) is 2. The lowest BCUT2D eigenvalue weighted by Crippen LogP contribution is -2.41. The summed E-state index contributed by atoms with van der Waals surface area (Å²) in [6.45, 7) is 7.68.